The average Bonchev–Trinajstić information content (AvgIpc) is 3.17. The number of halogens is 3. The molecular formula is C21H20F3N3O3. The molecule has 1 aliphatic rings. The van der Waals surface area contributed by atoms with E-state index in [9.17, 15) is 18.0 Å². The Morgan fingerprint density at radius 1 is 1.23 bits per heavy atom. The van der Waals surface area contributed by atoms with Gasteiger partial charge in [-0.15, -0.1) is 0 Å². The number of hydrogen-bond acceptors (Lipinski definition) is 4. The quantitative estimate of drug-likeness (QED) is 0.686. The number of amides is 1. The molecule has 1 atom stereocenters. The smallest absolute Gasteiger partial charge is 0.374 e. The van der Waals surface area contributed by atoms with Crippen molar-refractivity contribution < 1.29 is 27.4 Å². The van der Waals surface area contributed by atoms with E-state index in [1.54, 1.807) is 11.0 Å². The van der Waals surface area contributed by atoms with Crippen LogP contribution in [-0.2, 0) is 22.3 Å². The molecule has 3 aromatic rings. The minimum absolute atomic E-state index is 0.0295. The van der Waals surface area contributed by atoms with Crippen molar-refractivity contribution in [3.63, 3.8) is 0 Å². The molecule has 0 bridgehead atoms. The van der Waals surface area contributed by atoms with Gasteiger partial charge in [0.2, 0.25) is 0 Å². The van der Waals surface area contributed by atoms with Crippen molar-refractivity contribution in [3.8, 4) is 0 Å². The summed E-state index contributed by atoms with van der Waals surface area (Å²) in [4.78, 5) is 14.5. The second kappa shape index (κ2) is 8.45. The Hall–Kier alpha value is -2.91. The van der Waals surface area contributed by atoms with Gasteiger partial charge in [0, 0.05) is 18.5 Å². The number of carbonyl (C=O) groups excluding carboxylic acids is 1. The normalized spacial score (nSPS) is 17.4. The van der Waals surface area contributed by atoms with Gasteiger partial charge in [-0.1, -0.05) is 30.3 Å². The van der Waals surface area contributed by atoms with E-state index < -0.39 is 11.7 Å². The topological polar surface area (TPSA) is 67.5 Å². The van der Waals surface area contributed by atoms with Crippen molar-refractivity contribution in [3.05, 3.63) is 65.4 Å². The predicted octanol–water partition coefficient (Wildman–Crippen LogP) is 3.64. The van der Waals surface area contributed by atoms with Crippen LogP contribution < -0.4 is 0 Å². The summed E-state index contributed by atoms with van der Waals surface area (Å²) >= 11 is 0. The van der Waals surface area contributed by atoms with E-state index >= 15 is 0 Å². The summed E-state index contributed by atoms with van der Waals surface area (Å²) in [7, 11) is 0. The number of carbonyl (C=O) groups is 1. The maximum absolute atomic E-state index is 12.9. The number of nitrogens with zero attached hydrogens (tertiary/aromatic N) is 2. The van der Waals surface area contributed by atoms with Crippen LogP contribution in [-0.4, -0.2) is 53.4 Å². The SMILES string of the molecule is O=C(c1n[nH]c2ccccc12)N1CCOC(COCc2cccc(C(F)(F)F)c2)C1. The van der Waals surface area contributed by atoms with Crippen LogP contribution in [0.25, 0.3) is 10.9 Å². The zero-order valence-corrected chi connectivity index (χ0v) is 16.0. The molecule has 0 spiro atoms. The zero-order valence-electron chi connectivity index (χ0n) is 16.0. The number of aromatic nitrogens is 2. The van der Waals surface area contributed by atoms with Gasteiger partial charge in [-0.05, 0) is 23.8 Å². The number of nitrogens with one attached hydrogen (secondary N) is 1. The fraction of sp³-hybridized carbons (Fsp3) is 0.333. The van der Waals surface area contributed by atoms with Crippen LogP contribution in [0.5, 0.6) is 0 Å². The Morgan fingerprint density at radius 2 is 2.07 bits per heavy atom. The van der Waals surface area contributed by atoms with E-state index in [1.165, 1.54) is 6.07 Å². The summed E-state index contributed by atoms with van der Waals surface area (Å²) < 4.78 is 49.6. The number of rotatable bonds is 5. The van der Waals surface area contributed by atoms with E-state index in [-0.39, 0.29) is 25.2 Å². The van der Waals surface area contributed by atoms with Gasteiger partial charge in [0.15, 0.2) is 5.69 Å². The Bertz CT molecular complexity index is 1030. The van der Waals surface area contributed by atoms with E-state index in [0.29, 0.717) is 31.0 Å². The fourth-order valence-electron chi connectivity index (χ4n) is 3.43. The number of benzene rings is 2. The lowest BCUT2D eigenvalue weighted by Crippen LogP contribution is -2.47. The van der Waals surface area contributed by atoms with Gasteiger partial charge in [-0.3, -0.25) is 9.89 Å². The molecule has 1 fully saturated rings. The number of H-pyrrole nitrogens is 1. The molecule has 1 unspecified atom stereocenters. The third-order valence-electron chi connectivity index (χ3n) is 4.93. The van der Waals surface area contributed by atoms with E-state index in [4.69, 9.17) is 9.47 Å². The molecule has 9 heteroatoms. The number of aromatic amines is 1. The second-order valence-electron chi connectivity index (χ2n) is 7.08. The summed E-state index contributed by atoms with van der Waals surface area (Å²) in [5.41, 5.74) is 0.864. The van der Waals surface area contributed by atoms with Gasteiger partial charge in [0.1, 0.15) is 0 Å². The molecule has 4 rings (SSSR count). The number of hydrogen-bond donors (Lipinski definition) is 1. The second-order valence-corrected chi connectivity index (χ2v) is 7.08. The molecule has 158 valence electrons. The first-order valence-corrected chi connectivity index (χ1v) is 9.49. The first-order chi connectivity index (χ1) is 14.4. The van der Waals surface area contributed by atoms with Gasteiger partial charge >= 0.3 is 6.18 Å². The first-order valence-electron chi connectivity index (χ1n) is 9.49. The number of para-hydroxylation sites is 1. The highest BCUT2D eigenvalue weighted by molar-refractivity contribution is 6.04. The molecule has 6 nitrogen and oxygen atoms in total. The monoisotopic (exact) mass is 419 g/mol. The third kappa shape index (κ3) is 4.47. The highest BCUT2D eigenvalue weighted by Crippen LogP contribution is 2.29. The summed E-state index contributed by atoms with van der Waals surface area (Å²) in [5, 5.41) is 7.75. The van der Waals surface area contributed by atoms with Gasteiger partial charge in [-0.2, -0.15) is 18.3 Å². The summed E-state index contributed by atoms with van der Waals surface area (Å²) in [6.07, 6.45) is -4.75. The van der Waals surface area contributed by atoms with Crippen LogP contribution in [0.3, 0.4) is 0 Å². The van der Waals surface area contributed by atoms with Crippen molar-refractivity contribution in [2.45, 2.75) is 18.9 Å². The number of fused-ring (bicyclic) bond motifs is 1. The van der Waals surface area contributed by atoms with Crippen molar-refractivity contribution >= 4 is 16.8 Å². The van der Waals surface area contributed by atoms with E-state index in [0.717, 1.165) is 23.0 Å². The third-order valence-corrected chi connectivity index (χ3v) is 4.93. The van der Waals surface area contributed by atoms with Gasteiger partial charge in [0.05, 0.1) is 37.0 Å². The van der Waals surface area contributed by atoms with Crippen LogP contribution in [0.15, 0.2) is 48.5 Å². The molecule has 1 saturated heterocycles. The molecule has 1 aromatic heterocycles. The van der Waals surface area contributed by atoms with Crippen LogP contribution in [0, 0.1) is 0 Å². The maximum atomic E-state index is 12.9. The molecule has 0 radical (unpaired) electrons. The van der Waals surface area contributed by atoms with Gasteiger partial charge < -0.3 is 14.4 Å². The summed E-state index contributed by atoms with van der Waals surface area (Å²) in [6.45, 7) is 1.31. The van der Waals surface area contributed by atoms with Gasteiger partial charge in [0.25, 0.3) is 5.91 Å². The van der Waals surface area contributed by atoms with Crippen molar-refractivity contribution in [2.75, 3.05) is 26.3 Å². The average molecular weight is 419 g/mol. The lowest BCUT2D eigenvalue weighted by atomic mass is 10.1. The molecule has 0 saturated carbocycles. The molecule has 1 aliphatic heterocycles. The summed E-state index contributed by atoms with van der Waals surface area (Å²) in [6, 6.07) is 12.4. The van der Waals surface area contributed by atoms with E-state index in [2.05, 4.69) is 10.2 Å². The summed E-state index contributed by atoms with van der Waals surface area (Å²) in [5.74, 6) is -0.196. The van der Waals surface area contributed by atoms with E-state index in [1.807, 2.05) is 24.3 Å². The molecule has 2 heterocycles. The van der Waals surface area contributed by atoms with Gasteiger partial charge in [-0.25, -0.2) is 0 Å². The molecular weight excluding hydrogens is 399 g/mol. The fourth-order valence-corrected chi connectivity index (χ4v) is 3.43. The molecule has 1 N–H and O–H groups in total. The molecule has 0 aliphatic carbocycles. The molecule has 2 aromatic carbocycles. The first kappa shape index (κ1) is 20.4. The highest BCUT2D eigenvalue weighted by Gasteiger charge is 2.30. The highest BCUT2D eigenvalue weighted by atomic mass is 19.4. The number of ether oxygens (including phenoxy) is 2. The van der Waals surface area contributed by atoms with Crippen LogP contribution in [0.4, 0.5) is 13.2 Å². The largest absolute Gasteiger partial charge is 0.416 e. The van der Waals surface area contributed by atoms with Crippen LogP contribution >= 0.6 is 0 Å². The van der Waals surface area contributed by atoms with Crippen molar-refractivity contribution in [1.82, 2.24) is 15.1 Å². The lowest BCUT2D eigenvalue weighted by molar-refractivity contribution is -0.137. The Kier molecular flexibility index (Phi) is 5.74. The predicted molar refractivity (Wildman–Crippen MR) is 103 cm³/mol. The minimum atomic E-state index is -4.39. The maximum Gasteiger partial charge on any atom is 0.416 e. The lowest BCUT2D eigenvalue weighted by Gasteiger charge is -2.32. The molecule has 1 amide bonds. The van der Waals surface area contributed by atoms with Crippen molar-refractivity contribution in [1.29, 1.82) is 0 Å². The van der Waals surface area contributed by atoms with Crippen LogP contribution in [0.2, 0.25) is 0 Å². The Labute approximate surface area is 170 Å². The standard InChI is InChI=1S/C21H20F3N3O3/c22-21(23,24)15-5-3-4-14(10-15)12-29-13-16-11-27(8-9-30-16)20(28)19-17-6-1-2-7-18(17)25-26-19/h1-7,10,16H,8-9,11-13H2,(H,25,26). The Balaban J connectivity index is 1.34. The zero-order chi connectivity index (χ0) is 21.1. The van der Waals surface area contributed by atoms with Crippen LogP contribution in [0.1, 0.15) is 21.6 Å². The van der Waals surface area contributed by atoms with Crippen molar-refractivity contribution in [2.24, 2.45) is 0 Å². The molecule has 30 heavy (non-hydrogen) atoms. The number of morpholine rings is 1. The Morgan fingerprint density at radius 3 is 2.90 bits per heavy atom. The minimum Gasteiger partial charge on any atom is -0.374 e. The number of alkyl halides is 3.